The van der Waals surface area contributed by atoms with Crippen LogP contribution < -0.4 is 10.2 Å². The molecular formula is C19H25N3O4. The molecule has 0 bridgehead atoms. The summed E-state index contributed by atoms with van der Waals surface area (Å²) in [4.78, 5) is 39.0. The fraction of sp³-hybridized carbons (Fsp3) is 0.526. The van der Waals surface area contributed by atoms with Gasteiger partial charge in [0.1, 0.15) is 0 Å². The van der Waals surface area contributed by atoms with Crippen molar-refractivity contribution in [1.82, 2.24) is 4.90 Å². The molecule has 0 spiro atoms. The van der Waals surface area contributed by atoms with Crippen LogP contribution in [-0.4, -0.2) is 54.0 Å². The molecular weight excluding hydrogens is 334 g/mol. The molecule has 1 aromatic carbocycles. The number of benzene rings is 1. The van der Waals surface area contributed by atoms with Gasteiger partial charge in [-0.15, -0.1) is 0 Å². The van der Waals surface area contributed by atoms with Gasteiger partial charge < -0.3 is 20.2 Å². The predicted molar refractivity (Wildman–Crippen MR) is 97.9 cm³/mol. The molecule has 0 aromatic heterocycles. The van der Waals surface area contributed by atoms with Gasteiger partial charge in [-0.25, -0.2) is 0 Å². The normalized spacial score (nSPS) is 24.1. The summed E-state index contributed by atoms with van der Waals surface area (Å²) >= 11 is 0. The number of amides is 2. The Morgan fingerprint density at radius 2 is 1.62 bits per heavy atom. The standard InChI is InChI=1S/C19H25N3O4/c1-12(23)21-8-10-22(11-9-21)14-6-4-13(5-7-14)20-17(24)15-16(18(25)26)19(15,2)3/h4-7,15-16H,8-11H2,1-3H3,(H,20,24)(H,25,26)/t15-,16-/m0/s1. The lowest BCUT2D eigenvalue weighted by atomic mass is 10.1. The molecule has 140 valence electrons. The number of rotatable bonds is 4. The molecule has 3 rings (SSSR count). The summed E-state index contributed by atoms with van der Waals surface area (Å²) < 4.78 is 0. The minimum atomic E-state index is -0.921. The smallest absolute Gasteiger partial charge is 0.307 e. The van der Waals surface area contributed by atoms with Gasteiger partial charge in [-0.3, -0.25) is 14.4 Å². The molecule has 2 amide bonds. The summed E-state index contributed by atoms with van der Waals surface area (Å²) in [5, 5.41) is 12.0. The minimum absolute atomic E-state index is 0.102. The molecule has 1 aromatic rings. The van der Waals surface area contributed by atoms with E-state index in [0.717, 1.165) is 18.8 Å². The number of anilines is 2. The molecule has 2 aliphatic rings. The zero-order valence-electron chi connectivity index (χ0n) is 15.4. The molecule has 2 atom stereocenters. The Bertz CT molecular complexity index is 721. The number of hydrogen-bond donors (Lipinski definition) is 2. The van der Waals surface area contributed by atoms with Crippen molar-refractivity contribution in [2.45, 2.75) is 20.8 Å². The van der Waals surface area contributed by atoms with Crippen LogP contribution in [0.3, 0.4) is 0 Å². The fourth-order valence-corrected chi connectivity index (χ4v) is 3.84. The Morgan fingerprint density at radius 1 is 1.04 bits per heavy atom. The lowest BCUT2D eigenvalue weighted by Gasteiger charge is -2.35. The van der Waals surface area contributed by atoms with E-state index in [1.54, 1.807) is 20.8 Å². The van der Waals surface area contributed by atoms with Crippen molar-refractivity contribution in [2.24, 2.45) is 17.3 Å². The lowest BCUT2D eigenvalue weighted by Crippen LogP contribution is -2.48. The average Bonchev–Trinajstić information content (AvgIpc) is 3.18. The van der Waals surface area contributed by atoms with Crippen LogP contribution in [0.2, 0.25) is 0 Å². The molecule has 1 saturated carbocycles. The van der Waals surface area contributed by atoms with Crippen LogP contribution in [0.1, 0.15) is 20.8 Å². The van der Waals surface area contributed by atoms with Crippen molar-refractivity contribution in [1.29, 1.82) is 0 Å². The Labute approximate surface area is 153 Å². The lowest BCUT2D eigenvalue weighted by molar-refractivity contribution is -0.140. The summed E-state index contributed by atoms with van der Waals surface area (Å²) in [5.41, 5.74) is 1.20. The van der Waals surface area contributed by atoms with Gasteiger partial charge in [0.15, 0.2) is 0 Å². The van der Waals surface area contributed by atoms with E-state index in [2.05, 4.69) is 10.2 Å². The second kappa shape index (κ2) is 6.63. The summed E-state index contributed by atoms with van der Waals surface area (Å²) in [7, 11) is 0. The van der Waals surface area contributed by atoms with Crippen molar-refractivity contribution in [2.75, 3.05) is 36.4 Å². The molecule has 0 unspecified atom stereocenters. The highest BCUT2D eigenvalue weighted by molar-refractivity contribution is 5.99. The number of hydrogen-bond acceptors (Lipinski definition) is 4. The highest BCUT2D eigenvalue weighted by atomic mass is 16.4. The van der Waals surface area contributed by atoms with Gasteiger partial charge in [-0.1, -0.05) is 13.8 Å². The number of carbonyl (C=O) groups excluding carboxylic acids is 2. The summed E-state index contributed by atoms with van der Waals surface area (Å²) in [6.45, 7) is 8.18. The molecule has 2 fully saturated rings. The molecule has 1 heterocycles. The van der Waals surface area contributed by atoms with Crippen LogP contribution >= 0.6 is 0 Å². The van der Waals surface area contributed by atoms with Crippen molar-refractivity contribution in [3.8, 4) is 0 Å². The van der Waals surface area contributed by atoms with Gasteiger partial charge in [0.05, 0.1) is 11.8 Å². The Morgan fingerprint density at radius 3 is 2.08 bits per heavy atom. The van der Waals surface area contributed by atoms with Crippen molar-refractivity contribution >= 4 is 29.2 Å². The van der Waals surface area contributed by atoms with Gasteiger partial charge >= 0.3 is 5.97 Å². The zero-order valence-corrected chi connectivity index (χ0v) is 15.4. The van der Waals surface area contributed by atoms with Gasteiger partial charge in [0.2, 0.25) is 11.8 Å². The van der Waals surface area contributed by atoms with E-state index >= 15 is 0 Å². The maximum Gasteiger partial charge on any atom is 0.307 e. The first kappa shape index (κ1) is 18.2. The maximum absolute atomic E-state index is 12.4. The summed E-state index contributed by atoms with van der Waals surface area (Å²) in [6, 6.07) is 7.53. The zero-order chi connectivity index (χ0) is 19.1. The first-order valence-electron chi connectivity index (χ1n) is 8.86. The monoisotopic (exact) mass is 359 g/mol. The van der Waals surface area contributed by atoms with Crippen molar-refractivity contribution < 1.29 is 19.5 Å². The molecule has 0 radical (unpaired) electrons. The number of carboxylic acids is 1. The van der Waals surface area contributed by atoms with Crippen LogP contribution in [0, 0.1) is 17.3 Å². The number of nitrogens with one attached hydrogen (secondary N) is 1. The fourth-order valence-electron chi connectivity index (χ4n) is 3.84. The third-order valence-corrected chi connectivity index (χ3v) is 5.60. The number of nitrogens with zero attached hydrogens (tertiary/aromatic N) is 2. The van der Waals surface area contributed by atoms with Gasteiger partial charge in [0, 0.05) is 44.5 Å². The predicted octanol–water partition coefficient (Wildman–Crippen LogP) is 1.65. The van der Waals surface area contributed by atoms with E-state index in [9.17, 15) is 19.5 Å². The minimum Gasteiger partial charge on any atom is -0.481 e. The van der Waals surface area contributed by atoms with Gasteiger partial charge in [-0.05, 0) is 29.7 Å². The number of piperazine rings is 1. The first-order chi connectivity index (χ1) is 12.2. The van der Waals surface area contributed by atoms with E-state index in [1.165, 1.54) is 0 Å². The Hall–Kier alpha value is -2.57. The third-order valence-electron chi connectivity index (χ3n) is 5.60. The highest BCUT2D eigenvalue weighted by Crippen LogP contribution is 2.58. The van der Waals surface area contributed by atoms with Crippen LogP contribution in [-0.2, 0) is 14.4 Å². The summed E-state index contributed by atoms with van der Waals surface area (Å²) in [5.74, 6) is -2.19. The van der Waals surface area contributed by atoms with Gasteiger partial charge in [0.25, 0.3) is 0 Å². The number of carbonyl (C=O) groups is 3. The maximum atomic E-state index is 12.4. The van der Waals surface area contributed by atoms with E-state index in [0.29, 0.717) is 18.8 Å². The molecule has 7 nitrogen and oxygen atoms in total. The SMILES string of the molecule is CC(=O)N1CCN(c2ccc(NC(=O)[C@@H]3[C@@H](C(=O)O)C3(C)C)cc2)CC1. The van der Waals surface area contributed by atoms with Crippen LogP contribution in [0.15, 0.2) is 24.3 Å². The molecule has 7 heteroatoms. The highest BCUT2D eigenvalue weighted by Gasteiger charge is 2.65. The van der Waals surface area contributed by atoms with E-state index < -0.39 is 23.2 Å². The Balaban J connectivity index is 1.58. The number of carboxylic acid groups (broad SMARTS) is 1. The van der Waals surface area contributed by atoms with Crippen LogP contribution in [0.5, 0.6) is 0 Å². The number of aliphatic carboxylic acids is 1. The third kappa shape index (κ3) is 3.38. The molecule has 1 aliphatic heterocycles. The van der Waals surface area contributed by atoms with E-state index in [-0.39, 0.29) is 11.8 Å². The van der Waals surface area contributed by atoms with Gasteiger partial charge in [-0.2, -0.15) is 0 Å². The van der Waals surface area contributed by atoms with Crippen LogP contribution in [0.25, 0.3) is 0 Å². The van der Waals surface area contributed by atoms with E-state index in [4.69, 9.17) is 0 Å². The molecule has 1 saturated heterocycles. The second-order valence-electron chi connectivity index (χ2n) is 7.64. The average molecular weight is 359 g/mol. The van der Waals surface area contributed by atoms with Crippen molar-refractivity contribution in [3.05, 3.63) is 24.3 Å². The largest absolute Gasteiger partial charge is 0.481 e. The topological polar surface area (TPSA) is 90.0 Å². The van der Waals surface area contributed by atoms with E-state index in [1.807, 2.05) is 29.2 Å². The molecule has 1 aliphatic carbocycles. The quantitative estimate of drug-likeness (QED) is 0.853. The summed E-state index contributed by atoms with van der Waals surface area (Å²) in [6.07, 6.45) is 0. The molecule has 26 heavy (non-hydrogen) atoms. The first-order valence-corrected chi connectivity index (χ1v) is 8.86. The Kier molecular flexibility index (Phi) is 4.64. The van der Waals surface area contributed by atoms with Crippen molar-refractivity contribution in [3.63, 3.8) is 0 Å². The second-order valence-corrected chi connectivity index (χ2v) is 7.64. The van der Waals surface area contributed by atoms with Crippen LogP contribution in [0.4, 0.5) is 11.4 Å². The molecule has 2 N–H and O–H groups in total.